The number of amides is 1. The first-order valence-corrected chi connectivity index (χ1v) is 8.48. The summed E-state index contributed by atoms with van der Waals surface area (Å²) in [5.41, 5.74) is 0.515. The molecule has 132 valence electrons. The van der Waals surface area contributed by atoms with E-state index in [1.54, 1.807) is 24.3 Å². The van der Waals surface area contributed by atoms with Gasteiger partial charge in [0.05, 0.1) is 0 Å². The smallest absolute Gasteiger partial charge is 0.257 e. The first kappa shape index (κ1) is 18.7. The number of hydrogen-bond acceptors (Lipinski definition) is 4. The van der Waals surface area contributed by atoms with Gasteiger partial charge in [0.2, 0.25) is 0 Å². The van der Waals surface area contributed by atoms with Gasteiger partial charge >= 0.3 is 0 Å². The van der Waals surface area contributed by atoms with E-state index in [1.807, 2.05) is 44.2 Å². The zero-order chi connectivity index (χ0) is 18.1. The van der Waals surface area contributed by atoms with E-state index in [9.17, 15) is 4.79 Å². The predicted molar refractivity (Wildman–Crippen MR) is 102 cm³/mol. The average Bonchev–Trinajstić information content (AvgIpc) is 2.59. The zero-order valence-electron chi connectivity index (χ0n) is 14.3. The van der Waals surface area contributed by atoms with Gasteiger partial charge in [0.15, 0.2) is 5.11 Å². The fraction of sp³-hybridized carbons (Fsp3) is 0.263. The molecule has 0 unspecified atom stereocenters. The maximum atomic E-state index is 12.1. The van der Waals surface area contributed by atoms with Gasteiger partial charge < -0.3 is 14.8 Å². The Hall–Kier alpha value is -2.60. The van der Waals surface area contributed by atoms with Crippen LogP contribution in [-0.2, 0) is 0 Å². The highest BCUT2D eigenvalue weighted by molar-refractivity contribution is 7.80. The summed E-state index contributed by atoms with van der Waals surface area (Å²) in [5, 5.41) is 5.92. The van der Waals surface area contributed by atoms with E-state index < -0.39 is 0 Å². The molecular formula is C19H22N2O3S. The zero-order valence-corrected chi connectivity index (χ0v) is 15.1. The van der Waals surface area contributed by atoms with E-state index in [0.717, 1.165) is 5.75 Å². The Balaban J connectivity index is 1.75. The fourth-order valence-corrected chi connectivity index (χ4v) is 2.34. The highest BCUT2D eigenvalue weighted by atomic mass is 32.1. The molecule has 0 saturated carbocycles. The summed E-state index contributed by atoms with van der Waals surface area (Å²) in [6.45, 7) is 4.77. The summed E-state index contributed by atoms with van der Waals surface area (Å²) < 4.78 is 11.2. The van der Waals surface area contributed by atoms with Gasteiger partial charge in [-0.15, -0.1) is 0 Å². The first-order valence-electron chi connectivity index (χ1n) is 8.07. The minimum atomic E-state index is -0.253. The molecule has 1 amide bonds. The standard InChI is InChI=1S/C19H22N2O3S/c1-14(2)20-19(25)21-18(22)15-8-10-17(11-9-15)24-13-12-23-16-6-4-3-5-7-16/h3-11,14H,12-13H2,1-2H3,(H2,20,21,22,25). The van der Waals surface area contributed by atoms with Crippen molar-refractivity contribution in [1.29, 1.82) is 0 Å². The van der Waals surface area contributed by atoms with Gasteiger partial charge in [-0.25, -0.2) is 0 Å². The molecule has 0 saturated heterocycles. The molecule has 2 N–H and O–H groups in total. The number of ether oxygens (including phenoxy) is 2. The summed E-state index contributed by atoms with van der Waals surface area (Å²) in [4.78, 5) is 12.1. The third-order valence-corrected chi connectivity index (χ3v) is 3.35. The van der Waals surface area contributed by atoms with Gasteiger partial charge in [-0.1, -0.05) is 18.2 Å². The van der Waals surface area contributed by atoms with E-state index in [1.165, 1.54) is 0 Å². The fourth-order valence-electron chi connectivity index (χ4n) is 2.01. The van der Waals surface area contributed by atoms with Crippen molar-refractivity contribution in [2.45, 2.75) is 19.9 Å². The second-order valence-corrected chi connectivity index (χ2v) is 6.02. The second kappa shape index (κ2) is 9.64. The molecule has 2 rings (SSSR count). The third-order valence-electron chi connectivity index (χ3n) is 3.13. The van der Waals surface area contributed by atoms with Crippen LogP contribution in [0.1, 0.15) is 24.2 Å². The molecule has 0 fully saturated rings. The quantitative estimate of drug-likeness (QED) is 0.588. The Morgan fingerprint density at radius 1 is 0.960 bits per heavy atom. The van der Waals surface area contributed by atoms with Crippen molar-refractivity contribution >= 4 is 23.2 Å². The molecule has 25 heavy (non-hydrogen) atoms. The van der Waals surface area contributed by atoms with Crippen LogP contribution < -0.4 is 20.1 Å². The van der Waals surface area contributed by atoms with Gasteiger partial charge in [0.25, 0.3) is 5.91 Å². The van der Waals surface area contributed by atoms with Crippen molar-refractivity contribution in [3.05, 3.63) is 60.2 Å². The number of rotatable bonds is 7. The maximum Gasteiger partial charge on any atom is 0.257 e. The summed E-state index contributed by atoms with van der Waals surface area (Å²) in [6.07, 6.45) is 0. The first-order chi connectivity index (χ1) is 12.0. The molecule has 2 aromatic carbocycles. The van der Waals surface area contributed by atoms with Crippen LogP contribution in [0.15, 0.2) is 54.6 Å². The highest BCUT2D eigenvalue weighted by Gasteiger charge is 2.08. The van der Waals surface area contributed by atoms with Crippen molar-refractivity contribution < 1.29 is 14.3 Å². The van der Waals surface area contributed by atoms with Crippen LogP contribution in [0.3, 0.4) is 0 Å². The van der Waals surface area contributed by atoms with Crippen molar-refractivity contribution in [1.82, 2.24) is 10.6 Å². The number of carbonyl (C=O) groups is 1. The summed E-state index contributed by atoms with van der Waals surface area (Å²) >= 11 is 5.06. The highest BCUT2D eigenvalue weighted by Crippen LogP contribution is 2.13. The van der Waals surface area contributed by atoms with Crippen LogP contribution in [0.25, 0.3) is 0 Å². The van der Waals surface area contributed by atoms with Crippen LogP contribution >= 0.6 is 12.2 Å². The largest absolute Gasteiger partial charge is 0.490 e. The van der Waals surface area contributed by atoms with Crippen LogP contribution in [0.2, 0.25) is 0 Å². The van der Waals surface area contributed by atoms with Gasteiger partial charge in [-0.05, 0) is 62.5 Å². The Morgan fingerprint density at radius 3 is 2.08 bits per heavy atom. The van der Waals surface area contributed by atoms with Gasteiger partial charge in [-0.2, -0.15) is 0 Å². The van der Waals surface area contributed by atoms with Crippen molar-refractivity contribution in [3.63, 3.8) is 0 Å². The minimum absolute atomic E-state index is 0.168. The molecular weight excluding hydrogens is 336 g/mol. The summed E-state index contributed by atoms with van der Waals surface area (Å²) in [7, 11) is 0. The lowest BCUT2D eigenvalue weighted by atomic mass is 10.2. The van der Waals surface area contributed by atoms with Crippen LogP contribution in [0, 0.1) is 0 Å². The Morgan fingerprint density at radius 2 is 1.52 bits per heavy atom. The van der Waals surface area contributed by atoms with Crippen molar-refractivity contribution in [2.24, 2.45) is 0 Å². The van der Waals surface area contributed by atoms with Crippen LogP contribution in [0.5, 0.6) is 11.5 Å². The molecule has 0 radical (unpaired) electrons. The lowest BCUT2D eigenvalue weighted by Gasteiger charge is -2.12. The Kier molecular flexibility index (Phi) is 7.22. The number of nitrogens with one attached hydrogen (secondary N) is 2. The molecule has 0 bridgehead atoms. The Labute approximate surface area is 153 Å². The molecule has 0 aliphatic rings. The van der Waals surface area contributed by atoms with Crippen LogP contribution in [0.4, 0.5) is 0 Å². The molecule has 0 spiro atoms. The van der Waals surface area contributed by atoms with Crippen molar-refractivity contribution in [2.75, 3.05) is 13.2 Å². The summed E-state index contributed by atoms with van der Waals surface area (Å²) in [6, 6.07) is 16.6. The molecule has 6 heteroatoms. The maximum absolute atomic E-state index is 12.1. The average molecular weight is 358 g/mol. The second-order valence-electron chi connectivity index (χ2n) is 5.62. The number of thiocarbonyl (C=S) groups is 1. The topological polar surface area (TPSA) is 59.6 Å². The molecule has 0 heterocycles. The monoisotopic (exact) mass is 358 g/mol. The van der Waals surface area contributed by atoms with E-state index in [4.69, 9.17) is 21.7 Å². The molecule has 0 aliphatic carbocycles. The Bertz CT molecular complexity index is 688. The normalized spacial score (nSPS) is 10.2. The van der Waals surface area contributed by atoms with Crippen molar-refractivity contribution in [3.8, 4) is 11.5 Å². The van der Waals surface area contributed by atoms with E-state index in [0.29, 0.717) is 29.6 Å². The number of carbonyl (C=O) groups excluding carboxylic acids is 1. The third kappa shape index (κ3) is 6.81. The minimum Gasteiger partial charge on any atom is -0.490 e. The number of hydrogen-bond donors (Lipinski definition) is 2. The van der Waals surface area contributed by atoms with Gasteiger partial charge in [0, 0.05) is 11.6 Å². The molecule has 2 aromatic rings. The summed E-state index contributed by atoms with van der Waals surface area (Å²) in [5.74, 6) is 1.23. The van der Waals surface area contributed by atoms with Crippen LogP contribution in [-0.4, -0.2) is 30.3 Å². The SMILES string of the molecule is CC(C)NC(=S)NC(=O)c1ccc(OCCOc2ccccc2)cc1. The molecule has 5 nitrogen and oxygen atoms in total. The molecule has 0 aromatic heterocycles. The van der Waals surface area contributed by atoms with Gasteiger partial charge in [-0.3, -0.25) is 10.1 Å². The predicted octanol–water partition coefficient (Wildman–Crippen LogP) is 3.16. The lowest BCUT2D eigenvalue weighted by molar-refractivity contribution is 0.0976. The van der Waals surface area contributed by atoms with E-state index in [2.05, 4.69) is 10.6 Å². The molecule has 0 atom stereocenters. The number of benzene rings is 2. The van der Waals surface area contributed by atoms with Gasteiger partial charge in [0.1, 0.15) is 24.7 Å². The molecule has 0 aliphatic heterocycles. The van der Waals surface area contributed by atoms with E-state index >= 15 is 0 Å². The van der Waals surface area contributed by atoms with E-state index in [-0.39, 0.29) is 11.9 Å². The number of para-hydroxylation sites is 1. The lowest BCUT2D eigenvalue weighted by Crippen LogP contribution is -2.42.